The molecule has 0 aromatic carbocycles. The molecule has 5 unspecified atom stereocenters. The van der Waals surface area contributed by atoms with Crippen LogP contribution in [0.25, 0.3) is 0 Å². The number of esters is 1. The normalized spacial score (nSPS) is 39.9. The van der Waals surface area contributed by atoms with Crippen molar-refractivity contribution in [3.63, 3.8) is 0 Å². The molecule has 4 aliphatic rings. The van der Waals surface area contributed by atoms with Crippen LogP contribution < -0.4 is 0 Å². The van der Waals surface area contributed by atoms with Crippen LogP contribution in [0, 0.1) is 46.3 Å². The molecule has 4 rings (SSSR count). The lowest BCUT2D eigenvalue weighted by Gasteiger charge is -2.59. The minimum Gasteiger partial charge on any atom is -0.462 e. The van der Waals surface area contributed by atoms with E-state index in [-0.39, 0.29) is 23.4 Å². The topological polar surface area (TPSA) is 43.4 Å². The Labute approximate surface area is 208 Å². The Morgan fingerprint density at radius 3 is 2.59 bits per heavy atom. The van der Waals surface area contributed by atoms with Crippen molar-refractivity contribution in [3.8, 4) is 0 Å². The van der Waals surface area contributed by atoms with Gasteiger partial charge in [0, 0.05) is 25.7 Å². The number of Topliss-reactive ketones (excluding diaryl/α,β-unsaturated/α-hetero) is 1. The minimum absolute atomic E-state index is 0.0531. The summed E-state index contributed by atoms with van der Waals surface area (Å²) in [5, 5.41) is 0. The van der Waals surface area contributed by atoms with Gasteiger partial charge in [-0.3, -0.25) is 9.59 Å². The third-order valence-corrected chi connectivity index (χ3v) is 10.9. The van der Waals surface area contributed by atoms with Gasteiger partial charge in [0.25, 0.3) is 0 Å². The maximum Gasteiger partial charge on any atom is 0.302 e. The largest absolute Gasteiger partial charge is 0.462 e. The maximum absolute atomic E-state index is 12.3. The highest BCUT2D eigenvalue weighted by Gasteiger charge is 2.60. The predicted octanol–water partition coefficient (Wildman–Crippen LogP) is 7.69. The summed E-state index contributed by atoms with van der Waals surface area (Å²) in [7, 11) is 0. The fraction of sp³-hybridized carbons (Fsp3) is 0.806. The quantitative estimate of drug-likeness (QED) is 0.271. The van der Waals surface area contributed by atoms with Crippen LogP contribution in [0.1, 0.15) is 105 Å². The van der Waals surface area contributed by atoms with E-state index in [1.165, 1.54) is 39.0 Å². The van der Waals surface area contributed by atoms with E-state index in [2.05, 4.69) is 32.6 Å². The van der Waals surface area contributed by atoms with Crippen molar-refractivity contribution in [3.05, 3.63) is 24.3 Å². The van der Waals surface area contributed by atoms with E-state index >= 15 is 0 Å². The SMILES string of the molecule is C=CC[C@]12CC[C@H](OC(C)=O)CC1=CCC1C2CC[C@]2(C)C(C(C)CCC(=O)C(C)C)CCC12. The monoisotopic (exact) mass is 468 g/mol. The molecular weight excluding hydrogens is 420 g/mol. The van der Waals surface area contributed by atoms with Gasteiger partial charge in [-0.25, -0.2) is 0 Å². The van der Waals surface area contributed by atoms with Crippen molar-refractivity contribution >= 4 is 11.8 Å². The molecule has 0 saturated heterocycles. The number of ether oxygens (including phenoxy) is 1. The van der Waals surface area contributed by atoms with Crippen molar-refractivity contribution in [1.29, 1.82) is 0 Å². The molecule has 4 aliphatic carbocycles. The zero-order valence-corrected chi connectivity index (χ0v) is 22.4. The summed E-state index contributed by atoms with van der Waals surface area (Å²) in [4.78, 5) is 23.9. The molecule has 8 atom stereocenters. The van der Waals surface area contributed by atoms with E-state index in [4.69, 9.17) is 4.74 Å². The predicted molar refractivity (Wildman–Crippen MR) is 138 cm³/mol. The molecule has 0 N–H and O–H groups in total. The number of hydrogen-bond donors (Lipinski definition) is 0. The first-order valence-electron chi connectivity index (χ1n) is 14.1. The molecule has 190 valence electrons. The molecule has 0 aromatic rings. The molecule has 3 fully saturated rings. The van der Waals surface area contributed by atoms with Gasteiger partial charge in [-0.1, -0.05) is 45.4 Å². The fourth-order valence-corrected chi connectivity index (χ4v) is 9.23. The summed E-state index contributed by atoms with van der Waals surface area (Å²) in [5.74, 6) is 4.12. The summed E-state index contributed by atoms with van der Waals surface area (Å²) < 4.78 is 5.65. The van der Waals surface area contributed by atoms with E-state index in [1.54, 1.807) is 5.57 Å². The lowest BCUT2D eigenvalue weighted by molar-refractivity contribution is -0.149. The second kappa shape index (κ2) is 9.94. The zero-order chi connectivity index (χ0) is 24.7. The molecule has 3 nitrogen and oxygen atoms in total. The summed E-state index contributed by atoms with van der Waals surface area (Å²) in [5.41, 5.74) is 2.21. The molecule has 0 aliphatic heterocycles. The van der Waals surface area contributed by atoms with Crippen LogP contribution in [-0.2, 0) is 14.3 Å². The maximum atomic E-state index is 12.3. The molecule has 0 aromatic heterocycles. The van der Waals surface area contributed by atoms with Crippen LogP contribution in [-0.4, -0.2) is 17.9 Å². The Morgan fingerprint density at radius 2 is 1.91 bits per heavy atom. The third kappa shape index (κ3) is 4.46. The van der Waals surface area contributed by atoms with Crippen molar-refractivity contribution in [2.24, 2.45) is 46.3 Å². The van der Waals surface area contributed by atoms with E-state index < -0.39 is 0 Å². The zero-order valence-electron chi connectivity index (χ0n) is 22.4. The van der Waals surface area contributed by atoms with Gasteiger partial charge in [-0.15, -0.1) is 6.58 Å². The summed E-state index contributed by atoms with van der Waals surface area (Å²) in [6, 6.07) is 0. The van der Waals surface area contributed by atoms with Crippen molar-refractivity contribution in [1.82, 2.24) is 0 Å². The molecule has 34 heavy (non-hydrogen) atoms. The Kier molecular flexibility index (Phi) is 7.51. The summed E-state index contributed by atoms with van der Waals surface area (Å²) in [6.07, 6.45) is 17.2. The van der Waals surface area contributed by atoms with E-state index in [9.17, 15) is 9.59 Å². The summed E-state index contributed by atoms with van der Waals surface area (Å²) >= 11 is 0. The lowest BCUT2D eigenvalue weighted by Crippen LogP contribution is -2.52. The van der Waals surface area contributed by atoms with Crippen LogP contribution in [0.15, 0.2) is 24.3 Å². The number of fused-ring (bicyclic) bond motifs is 5. The second-order valence-electron chi connectivity index (χ2n) is 12.8. The van der Waals surface area contributed by atoms with Crippen LogP contribution in [0.5, 0.6) is 0 Å². The number of allylic oxidation sites excluding steroid dienone is 2. The average Bonchev–Trinajstić information content (AvgIpc) is 3.14. The number of ketones is 1. The molecular formula is C31H48O3. The molecule has 0 spiro atoms. The Bertz CT molecular complexity index is 825. The smallest absolute Gasteiger partial charge is 0.302 e. The Morgan fingerprint density at radius 1 is 1.15 bits per heavy atom. The average molecular weight is 469 g/mol. The standard InChI is InChI=1S/C31H48O3/c1-7-16-31-18-14-24(34-22(5)32)19-23(31)9-10-25-27-12-11-26(30(27,6)17-15-28(25)31)21(4)8-13-29(33)20(2)3/h7,9,20-21,24-28H,1,8,10-19H2,2-6H3/t21?,24-,25?,26?,27?,28?,30+,31-/m0/s1. The van der Waals surface area contributed by atoms with Gasteiger partial charge in [-0.05, 0) is 98.2 Å². The molecule has 3 saturated carbocycles. The molecule has 0 amide bonds. The number of hydrogen-bond acceptors (Lipinski definition) is 3. The fourth-order valence-electron chi connectivity index (χ4n) is 9.23. The van der Waals surface area contributed by atoms with Gasteiger partial charge >= 0.3 is 5.97 Å². The lowest BCUT2D eigenvalue weighted by atomic mass is 9.45. The molecule has 0 radical (unpaired) electrons. The van der Waals surface area contributed by atoms with Crippen LogP contribution in [0.3, 0.4) is 0 Å². The first-order chi connectivity index (χ1) is 16.1. The number of carbonyl (C=O) groups is 2. The van der Waals surface area contributed by atoms with Gasteiger partial charge in [0.2, 0.25) is 0 Å². The summed E-state index contributed by atoms with van der Waals surface area (Å²) in [6.45, 7) is 14.8. The minimum atomic E-state index is -0.148. The highest BCUT2D eigenvalue weighted by molar-refractivity contribution is 5.80. The van der Waals surface area contributed by atoms with Crippen molar-refractivity contribution in [2.75, 3.05) is 0 Å². The van der Waals surface area contributed by atoms with Gasteiger partial charge < -0.3 is 4.74 Å². The van der Waals surface area contributed by atoms with Crippen molar-refractivity contribution in [2.45, 2.75) is 111 Å². The molecule has 3 heteroatoms. The van der Waals surface area contributed by atoms with E-state index in [0.717, 1.165) is 62.2 Å². The Hall–Kier alpha value is -1.38. The van der Waals surface area contributed by atoms with E-state index in [1.807, 2.05) is 13.8 Å². The van der Waals surface area contributed by atoms with Gasteiger partial charge in [0.05, 0.1) is 0 Å². The first kappa shape index (κ1) is 25.7. The van der Waals surface area contributed by atoms with Gasteiger partial charge in [0.1, 0.15) is 11.9 Å². The van der Waals surface area contributed by atoms with Crippen molar-refractivity contribution < 1.29 is 14.3 Å². The Balaban J connectivity index is 1.52. The first-order valence-corrected chi connectivity index (χ1v) is 14.1. The highest BCUT2D eigenvalue weighted by atomic mass is 16.5. The number of rotatable bonds is 8. The molecule has 0 heterocycles. The second-order valence-corrected chi connectivity index (χ2v) is 12.8. The van der Waals surface area contributed by atoms with Crippen LogP contribution in [0.2, 0.25) is 0 Å². The van der Waals surface area contributed by atoms with E-state index in [0.29, 0.717) is 17.1 Å². The number of carbonyl (C=O) groups excluding carboxylic acids is 2. The van der Waals surface area contributed by atoms with Gasteiger partial charge in [-0.2, -0.15) is 0 Å². The van der Waals surface area contributed by atoms with Gasteiger partial charge in [0.15, 0.2) is 0 Å². The van der Waals surface area contributed by atoms with Crippen LogP contribution in [0.4, 0.5) is 0 Å². The highest BCUT2D eigenvalue weighted by Crippen LogP contribution is 2.68. The third-order valence-electron chi connectivity index (χ3n) is 10.9. The molecule has 0 bridgehead atoms. The van der Waals surface area contributed by atoms with Crippen LogP contribution >= 0.6 is 0 Å².